The molecule has 2 aromatic carbocycles. The van der Waals surface area contributed by atoms with Gasteiger partial charge in [0.05, 0.1) is 67.6 Å². The van der Waals surface area contributed by atoms with Crippen molar-refractivity contribution in [2.45, 2.75) is 169 Å². The molecular weight excluding hydrogens is 1190 g/mol. The summed E-state index contributed by atoms with van der Waals surface area (Å²) in [5.74, 6) is -7.53. The highest BCUT2D eigenvalue weighted by Gasteiger charge is 2.31. The summed E-state index contributed by atoms with van der Waals surface area (Å²) in [5, 5.41) is 58.9. The first-order chi connectivity index (χ1) is 41.8. The van der Waals surface area contributed by atoms with Gasteiger partial charge in [0.15, 0.2) is 39.2 Å². The summed E-state index contributed by atoms with van der Waals surface area (Å²) in [6.45, 7) is 18.4. The van der Waals surface area contributed by atoms with E-state index >= 15 is 0 Å². The lowest BCUT2D eigenvalue weighted by Crippen LogP contribution is -2.46. The second kappa shape index (κ2) is 34.9. The van der Waals surface area contributed by atoms with E-state index < -0.39 is 101 Å². The van der Waals surface area contributed by atoms with Crippen LogP contribution in [0.3, 0.4) is 0 Å². The van der Waals surface area contributed by atoms with E-state index in [9.17, 15) is 63.0 Å². The fourth-order valence-electron chi connectivity index (χ4n) is 8.73. The van der Waals surface area contributed by atoms with Gasteiger partial charge in [-0.3, -0.25) is 52.7 Å². The molecule has 4 aromatic rings. The molecule has 0 unspecified atom stereocenters. The maximum Gasteiger partial charge on any atom is 0.306 e. The van der Waals surface area contributed by atoms with Gasteiger partial charge in [0.2, 0.25) is 23.6 Å². The summed E-state index contributed by atoms with van der Waals surface area (Å²) in [4.78, 5) is 149. The summed E-state index contributed by atoms with van der Waals surface area (Å²) >= 11 is 2.53. The lowest BCUT2D eigenvalue weighted by molar-refractivity contribution is -0.155. The number of aliphatic hydroxyl groups is 1. The largest absolute Gasteiger partial charge is 0.508 e. The Kier molecular flexibility index (Phi) is 28.7. The van der Waals surface area contributed by atoms with Gasteiger partial charge in [0, 0.05) is 79.2 Å². The van der Waals surface area contributed by atoms with Crippen LogP contribution in [0.2, 0.25) is 0 Å². The van der Waals surface area contributed by atoms with Gasteiger partial charge >= 0.3 is 11.9 Å². The molecule has 2 aromatic heterocycles. The van der Waals surface area contributed by atoms with Crippen LogP contribution in [0.5, 0.6) is 11.5 Å². The maximum atomic E-state index is 13.1. The lowest BCUT2D eigenvalue weighted by atomic mass is 9.95. The maximum absolute atomic E-state index is 13.1. The topological polar surface area (TPSA) is 388 Å². The van der Waals surface area contributed by atoms with E-state index in [-0.39, 0.29) is 106 Å². The van der Waals surface area contributed by atoms with Gasteiger partial charge in [-0.1, -0.05) is 63.0 Å². The number of rotatable bonds is 23. The van der Waals surface area contributed by atoms with Gasteiger partial charge in [0.25, 0.3) is 0 Å². The number of fused-ring (bicyclic) bond motifs is 4. The van der Waals surface area contributed by atoms with E-state index in [4.69, 9.17) is 14.9 Å². The van der Waals surface area contributed by atoms with E-state index in [0.29, 0.717) is 43.9 Å². The minimum Gasteiger partial charge on any atom is -0.508 e. The Balaban J connectivity index is 0.000000383. The number of benzene rings is 2. The molecule has 0 saturated carbocycles. The monoisotopic (exact) mass is 1270 g/mol. The number of phenolic OH excluding ortho intramolecular Hbond substituents is 2. The van der Waals surface area contributed by atoms with Crippen molar-refractivity contribution in [2.75, 3.05) is 23.7 Å². The third kappa shape index (κ3) is 26.1. The molecule has 89 heavy (non-hydrogen) atoms. The van der Waals surface area contributed by atoms with Crippen LogP contribution in [0.4, 0.5) is 10.3 Å². The molecule has 1 aliphatic rings. The number of ketones is 5. The van der Waals surface area contributed by atoms with Crippen molar-refractivity contribution in [3.05, 3.63) is 93.6 Å². The number of aliphatic carboxylic acids is 1. The fourth-order valence-corrected chi connectivity index (χ4v) is 10.2. The molecule has 8 atom stereocenters. The van der Waals surface area contributed by atoms with Crippen molar-refractivity contribution in [3.8, 4) is 11.5 Å². The normalized spacial score (nSPS) is 18.1. The molecule has 0 spiro atoms. The highest BCUT2D eigenvalue weighted by atomic mass is 32.1. The average molecular weight is 1270 g/mol. The standard InChI is InChI=1S/C33H46N4O9S.C29H37N5O7S/c1-19(13-24(40)16-34-32-35-17-25(18-38)47-32)30(44)36-21(3)28(42)14-20(2)31(45)37-26(15-22-7-9-23(39)10-8-22)27(41)11-12-29(43)46-33(4,5)6;1-15-9-25(37)18(4)32-16(2)17(3)33-26(38)14-31-29-30-13-21(42-29)12-20-10-19(5-6-23(20)35)11-22(34-28(15)41)24(36)7-8-27(39)40/h7-10,17,19-21,26,38-39H,11-16,18H2,1-6H3,(H,34,35)(H,36,44)(H,37,45);5-6,10,13,15,17-18,22,32,35H,2,7-9,11-12,14H2,1,3-4H3,(H,30,31)(H,33,38)(H,34,41)(H,39,40)/t19-,20-,21+,26+;15-,17+,18+,22+/m11/s1. The Morgan fingerprint density at radius 1 is 0.787 bits per heavy atom. The van der Waals surface area contributed by atoms with Gasteiger partial charge < -0.3 is 62.4 Å². The molecular formula is C62H83N9O16S2. The van der Waals surface area contributed by atoms with Crippen LogP contribution in [0, 0.1) is 17.8 Å². The molecule has 25 nitrogen and oxygen atoms in total. The van der Waals surface area contributed by atoms with Crippen LogP contribution in [-0.4, -0.2) is 144 Å². The molecule has 11 N–H and O–H groups in total. The number of aliphatic hydroxyl groups excluding tert-OH is 1. The molecule has 0 saturated heterocycles. The molecule has 5 rings (SSSR count). The van der Waals surface area contributed by atoms with Crippen molar-refractivity contribution in [1.29, 1.82) is 0 Å². The Morgan fingerprint density at radius 2 is 1.46 bits per heavy atom. The van der Waals surface area contributed by atoms with Gasteiger partial charge in [0.1, 0.15) is 17.1 Å². The van der Waals surface area contributed by atoms with Crippen LogP contribution < -0.4 is 37.2 Å². The Labute approximate surface area is 525 Å². The number of esters is 1. The van der Waals surface area contributed by atoms with Crippen molar-refractivity contribution < 1.29 is 77.9 Å². The number of anilines is 2. The predicted molar refractivity (Wildman–Crippen MR) is 333 cm³/mol. The summed E-state index contributed by atoms with van der Waals surface area (Å²) in [5.41, 5.74) is 1.59. The number of nitrogens with zero attached hydrogens (tertiary/aromatic N) is 2. The van der Waals surface area contributed by atoms with E-state index in [1.807, 2.05) is 0 Å². The first kappa shape index (κ1) is 73.0. The second-order valence-corrected chi connectivity index (χ2v) is 25.3. The van der Waals surface area contributed by atoms with Crippen LogP contribution in [0.25, 0.3) is 0 Å². The molecule has 484 valence electrons. The Hall–Kier alpha value is -8.43. The zero-order chi connectivity index (χ0) is 66.3. The highest BCUT2D eigenvalue weighted by molar-refractivity contribution is 7.15. The van der Waals surface area contributed by atoms with E-state index in [1.54, 1.807) is 78.9 Å². The van der Waals surface area contributed by atoms with Gasteiger partial charge in [-0.2, -0.15) is 0 Å². The Morgan fingerprint density at radius 3 is 2.11 bits per heavy atom. The summed E-state index contributed by atoms with van der Waals surface area (Å²) in [7, 11) is 0. The average Bonchev–Trinajstić information content (AvgIpc) is 4.13. The number of thiazole rings is 2. The number of nitrogens with one attached hydrogen (secondary N) is 7. The predicted octanol–water partition coefficient (Wildman–Crippen LogP) is 4.78. The third-order valence-corrected chi connectivity index (χ3v) is 15.8. The third-order valence-electron chi connectivity index (χ3n) is 13.9. The molecule has 0 aliphatic carbocycles. The number of hydrogen-bond donors (Lipinski definition) is 11. The molecule has 4 bridgehead atoms. The smallest absolute Gasteiger partial charge is 0.306 e. The number of Topliss-reactive ketones (excluding diaryl/α,β-unsaturated/α-hetero) is 5. The SMILES string of the molecule is C=C1N[C@@H](C)C(=O)C[C@@H](C)C(=O)N[C@H](C(=O)CCC(=O)O)Cc2ccc(O)c(c2)Cc2cnc(s2)NCC(=O)N[C@H]1C.C[C@H](CC(=O)CNc1ncc(CO)s1)C(=O)N[C@@H](C)C(=O)C[C@@H](C)C(=O)N[C@@H](Cc1ccc(O)cc1)C(=O)CCC(=O)OC(C)(C)C. The second-order valence-electron chi connectivity index (χ2n) is 23.1. The minimum absolute atomic E-state index is 0.0380. The minimum atomic E-state index is -1.13. The number of phenols is 2. The highest BCUT2D eigenvalue weighted by Crippen LogP contribution is 2.28. The molecule has 3 heterocycles. The van der Waals surface area contributed by atoms with E-state index in [0.717, 1.165) is 4.88 Å². The number of aromatic nitrogens is 2. The number of carboxylic acid groups (broad SMARTS) is 1. The lowest BCUT2D eigenvalue weighted by Gasteiger charge is -2.24. The van der Waals surface area contributed by atoms with Crippen LogP contribution in [0.1, 0.15) is 134 Å². The molecule has 0 fully saturated rings. The molecule has 1 aliphatic heterocycles. The van der Waals surface area contributed by atoms with Crippen LogP contribution >= 0.6 is 22.7 Å². The number of hydrogen-bond acceptors (Lipinski definition) is 22. The molecule has 0 radical (unpaired) electrons. The quantitative estimate of drug-likeness (QED) is 0.0445. The Bertz CT molecular complexity index is 3170. The van der Waals surface area contributed by atoms with Gasteiger partial charge in [-0.25, -0.2) is 9.97 Å². The fraction of sp³-hybridized carbons (Fsp3) is 0.500. The van der Waals surface area contributed by atoms with Crippen molar-refractivity contribution in [3.63, 3.8) is 0 Å². The summed E-state index contributed by atoms with van der Waals surface area (Å²) < 4.78 is 5.28. The van der Waals surface area contributed by atoms with Gasteiger partial charge in [-0.15, -0.1) is 11.3 Å². The van der Waals surface area contributed by atoms with Crippen LogP contribution in [-0.2, 0) is 83.3 Å². The molecule has 27 heteroatoms. The number of carbonyl (C=O) groups excluding carboxylic acids is 10. The zero-order valence-electron chi connectivity index (χ0n) is 51.6. The molecule has 4 amide bonds. The number of carbonyl (C=O) groups is 11. The van der Waals surface area contributed by atoms with Crippen molar-refractivity contribution in [1.82, 2.24) is 36.6 Å². The number of aromatic hydroxyl groups is 2. The van der Waals surface area contributed by atoms with Crippen LogP contribution in [0.15, 0.2) is 67.1 Å². The first-order valence-electron chi connectivity index (χ1n) is 29.1. The number of carboxylic acids is 1. The van der Waals surface area contributed by atoms with Crippen molar-refractivity contribution in [2.24, 2.45) is 17.8 Å². The zero-order valence-corrected chi connectivity index (χ0v) is 53.2. The van der Waals surface area contributed by atoms with E-state index in [2.05, 4.69) is 53.8 Å². The van der Waals surface area contributed by atoms with Gasteiger partial charge in [-0.05, 0) is 89.3 Å². The first-order valence-corrected chi connectivity index (χ1v) is 30.7. The summed E-state index contributed by atoms with van der Waals surface area (Å²) in [6, 6.07) is 6.87. The summed E-state index contributed by atoms with van der Waals surface area (Å²) in [6.07, 6.45) is 2.25. The van der Waals surface area contributed by atoms with Crippen molar-refractivity contribution >= 4 is 97.4 Å². The number of amides is 4. The van der Waals surface area contributed by atoms with E-state index in [1.165, 1.54) is 60.9 Å². The number of ether oxygens (including phenoxy) is 1.